The van der Waals surface area contributed by atoms with Crippen molar-refractivity contribution >= 4 is 0 Å². The van der Waals surface area contributed by atoms with Crippen LogP contribution in [0.1, 0.15) is 25.4 Å². The van der Waals surface area contributed by atoms with Gasteiger partial charge in [0.15, 0.2) is 0 Å². The first-order chi connectivity index (χ1) is 7.97. The summed E-state index contributed by atoms with van der Waals surface area (Å²) in [7, 11) is 1.96. The van der Waals surface area contributed by atoms with Gasteiger partial charge in [-0.3, -0.25) is 4.68 Å². The highest BCUT2D eigenvalue weighted by molar-refractivity contribution is 5.03. The fraction of sp³-hybridized carbons (Fsp3) is 0.545. The number of hydrogen-bond acceptors (Lipinski definition) is 4. The molecule has 0 radical (unpaired) electrons. The molecule has 2 rings (SSSR count). The van der Waals surface area contributed by atoms with Gasteiger partial charge in [-0.15, -0.1) is 5.10 Å². The normalized spacial score (nSPS) is 12.0. The van der Waals surface area contributed by atoms with E-state index in [0.717, 1.165) is 12.2 Å². The largest absolute Gasteiger partial charge is 0.384 e. The lowest BCUT2D eigenvalue weighted by Gasteiger charge is -2.11. The van der Waals surface area contributed by atoms with Crippen LogP contribution >= 0.6 is 0 Å². The molecular formula is C11H17N5O. The van der Waals surface area contributed by atoms with Gasteiger partial charge in [0.25, 0.3) is 0 Å². The maximum absolute atomic E-state index is 9.77. The first kappa shape index (κ1) is 11.8. The van der Waals surface area contributed by atoms with E-state index in [1.54, 1.807) is 30.9 Å². The van der Waals surface area contributed by atoms with Crippen LogP contribution in [0, 0.1) is 0 Å². The zero-order valence-corrected chi connectivity index (χ0v) is 10.3. The monoisotopic (exact) mass is 235 g/mol. The molecule has 0 unspecified atom stereocenters. The van der Waals surface area contributed by atoms with E-state index in [1.165, 1.54) is 0 Å². The molecule has 0 atom stereocenters. The van der Waals surface area contributed by atoms with Gasteiger partial charge in [-0.1, -0.05) is 5.21 Å². The van der Waals surface area contributed by atoms with Crippen molar-refractivity contribution in [3.05, 3.63) is 30.1 Å². The van der Waals surface area contributed by atoms with Crippen molar-refractivity contribution in [3.8, 4) is 0 Å². The van der Waals surface area contributed by atoms with E-state index in [0.29, 0.717) is 12.2 Å². The zero-order chi connectivity index (χ0) is 12.5. The van der Waals surface area contributed by atoms with Crippen LogP contribution in [0.4, 0.5) is 0 Å². The number of aromatic nitrogens is 5. The molecule has 0 amide bonds. The van der Waals surface area contributed by atoms with Crippen molar-refractivity contribution in [1.29, 1.82) is 0 Å². The predicted molar refractivity (Wildman–Crippen MR) is 62.2 cm³/mol. The van der Waals surface area contributed by atoms with Gasteiger partial charge in [0.2, 0.25) is 0 Å². The van der Waals surface area contributed by atoms with E-state index in [2.05, 4.69) is 15.3 Å². The Morgan fingerprint density at radius 2 is 2.18 bits per heavy atom. The topological polar surface area (TPSA) is 68.8 Å². The molecule has 1 N–H and O–H groups in total. The number of rotatable bonds is 4. The molecule has 17 heavy (non-hydrogen) atoms. The Hall–Kier alpha value is -1.69. The van der Waals surface area contributed by atoms with Gasteiger partial charge in [-0.05, 0) is 13.8 Å². The Bertz CT molecular complexity index is 494. The van der Waals surface area contributed by atoms with E-state index in [1.807, 2.05) is 17.8 Å². The summed E-state index contributed by atoms with van der Waals surface area (Å²) in [6.45, 7) is 4.09. The van der Waals surface area contributed by atoms with Gasteiger partial charge >= 0.3 is 0 Å². The molecule has 0 aliphatic rings. The minimum Gasteiger partial charge on any atom is -0.384 e. The van der Waals surface area contributed by atoms with Crippen molar-refractivity contribution in [1.82, 2.24) is 24.5 Å². The molecule has 0 aliphatic heterocycles. The third kappa shape index (κ3) is 2.71. The number of aryl methyl sites for hydroxylation is 3. The smallest absolute Gasteiger partial charge is 0.114 e. The average molecular weight is 235 g/mol. The molecule has 0 spiro atoms. The van der Waals surface area contributed by atoms with Crippen molar-refractivity contribution in [3.63, 3.8) is 0 Å². The maximum Gasteiger partial charge on any atom is 0.114 e. The minimum atomic E-state index is -0.943. The fourth-order valence-corrected chi connectivity index (χ4v) is 1.54. The molecule has 0 saturated carbocycles. The second-order valence-electron chi connectivity index (χ2n) is 4.63. The summed E-state index contributed by atoms with van der Waals surface area (Å²) in [5.41, 5.74) is -0.362. The lowest BCUT2D eigenvalue weighted by atomic mass is 10.1. The molecule has 0 fully saturated rings. The van der Waals surface area contributed by atoms with Gasteiger partial charge in [0.1, 0.15) is 17.1 Å². The number of aliphatic hydroxyl groups is 1. The molecule has 0 aromatic carbocycles. The Kier molecular flexibility index (Phi) is 2.97. The summed E-state index contributed by atoms with van der Waals surface area (Å²) in [4.78, 5) is 4.24. The molecule has 0 saturated heterocycles. The van der Waals surface area contributed by atoms with Gasteiger partial charge < -0.3 is 9.67 Å². The van der Waals surface area contributed by atoms with E-state index < -0.39 is 5.60 Å². The van der Waals surface area contributed by atoms with E-state index in [9.17, 15) is 5.11 Å². The first-order valence-corrected chi connectivity index (χ1v) is 5.56. The highest BCUT2D eigenvalue weighted by atomic mass is 16.3. The van der Waals surface area contributed by atoms with Crippen LogP contribution in [0.15, 0.2) is 18.6 Å². The Labute approximate surface area is 99.9 Å². The Morgan fingerprint density at radius 3 is 2.71 bits per heavy atom. The summed E-state index contributed by atoms with van der Waals surface area (Å²) in [5, 5.41) is 17.7. The zero-order valence-electron chi connectivity index (χ0n) is 10.3. The minimum absolute atomic E-state index is 0.581. The van der Waals surface area contributed by atoms with Crippen molar-refractivity contribution in [2.75, 3.05) is 0 Å². The average Bonchev–Trinajstić information content (AvgIpc) is 2.82. The Morgan fingerprint density at radius 1 is 1.41 bits per heavy atom. The van der Waals surface area contributed by atoms with E-state index in [4.69, 9.17) is 0 Å². The molecule has 6 heteroatoms. The van der Waals surface area contributed by atoms with Gasteiger partial charge in [0, 0.05) is 32.4 Å². The third-order valence-corrected chi connectivity index (χ3v) is 2.65. The van der Waals surface area contributed by atoms with E-state index in [-0.39, 0.29) is 0 Å². The summed E-state index contributed by atoms with van der Waals surface area (Å²) in [6.07, 6.45) is 6.25. The molecule has 2 aromatic rings. The van der Waals surface area contributed by atoms with Gasteiger partial charge in [-0.25, -0.2) is 4.98 Å². The Balaban J connectivity index is 2.01. The molecule has 6 nitrogen and oxygen atoms in total. The second kappa shape index (κ2) is 4.29. The number of hydrogen-bond donors (Lipinski definition) is 1. The third-order valence-electron chi connectivity index (χ3n) is 2.65. The predicted octanol–water partition coefficient (Wildman–Crippen LogP) is 0.482. The molecular weight excluding hydrogens is 218 g/mol. The summed E-state index contributed by atoms with van der Waals surface area (Å²) < 4.78 is 3.70. The number of imidazole rings is 1. The standard InChI is InChI=1S/C11H17N5O/c1-11(2,17)9-8-16(14-13-9)6-4-10-12-5-7-15(10)3/h5,7-8,17H,4,6H2,1-3H3. The second-order valence-corrected chi connectivity index (χ2v) is 4.63. The molecule has 0 aliphatic carbocycles. The summed E-state index contributed by atoms with van der Waals surface area (Å²) >= 11 is 0. The highest BCUT2D eigenvalue weighted by Gasteiger charge is 2.19. The SMILES string of the molecule is Cn1ccnc1CCn1cc(C(C)(C)O)nn1. The van der Waals surface area contributed by atoms with Crippen LogP contribution in [0.3, 0.4) is 0 Å². The van der Waals surface area contributed by atoms with Gasteiger partial charge in [0.05, 0.1) is 6.20 Å². The van der Waals surface area contributed by atoms with Crippen LogP contribution in [0.2, 0.25) is 0 Å². The number of nitrogens with zero attached hydrogens (tertiary/aromatic N) is 5. The molecule has 2 heterocycles. The summed E-state index contributed by atoms with van der Waals surface area (Å²) in [6, 6.07) is 0. The molecule has 0 bridgehead atoms. The molecule has 92 valence electrons. The lowest BCUT2D eigenvalue weighted by Crippen LogP contribution is -2.15. The quantitative estimate of drug-likeness (QED) is 0.837. The van der Waals surface area contributed by atoms with Crippen LogP contribution in [-0.2, 0) is 25.6 Å². The van der Waals surface area contributed by atoms with Crippen LogP contribution < -0.4 is 0 Å². The molecule has 2 aromatic heterocycles. The summed E-state index contributed by atoms with van der Waals surface area (Å²) in [5.74, 6) is 1.00. The van der Waals surface area contributed by atoms with Crippen molar-refractivity contribution in [2.24, 2.45) is 7.05 Å². The first-order valence-electron chi connectivity index (χ1n) is 5.56. The lowest BCUT2D eigenvalue weighted by molar-refractivity contribution is 0.0737. The van der Waals surface area contributed by atoms with Crippen LogP contribution in [-0.4, -0.2) is 29.7 Å². The fourth-order valence-electron chi connectivity index (χ4n) is 1.54. The van der Waals surface area contributed by atoms with Crippen LogP contribution in [0.5, 0.6) is 0 Å². The van der Waals surface area contributed by atoms with E-state index >= 15 is 0 Å². The maximum atomic E-state index is 9.77. The van der Waals surface area contributed by atoms with Crippen molar-refractivity contribution in [2.45, 2.75) is 32.4 Å². The van der Waals surface area contributed by atoms with Crippen LogP contribution in [0.25, 0.3) is 0 Å². The van der Waals surface area contributed by atoms with Gasteiger partial charge in [-0.2, -0.15) is 0 Å². The highest BCUT2D eigenvalue weighted by Crippen LogP contribution is 2.15. The van der Waals surface area contributed by atoms with Crippen molar-refractivity contribution < 1.29 is 5.11 Å².